The van der Waals surface area contributed by atoms with E-state index in [-0.39, 0.29) is 0 Å². The highest BCUT2D eigenvalue weighted by Crippen LogP contribution is 2.07. The molecule has 0 saturated heterocycles. The molecule has 0 unspecified atom stereocenters. The summed E-state index contributed by atoms with van der Waals surface area (Å²) in [5.74, 6) is 0. The SMILES string of the molecule is Cc1nnccc1NC(N)=O. The first-order valence-electron chi connectivity index (χ1n) is 3.05. The van der Waals surface area contributed by atoms with Gasteiger partial charge >= 0.3 is 6.03 Å². The molecule has 58 valence electrons. The third kappa shape index (κ3) is 1.89. The summed E-state index contributed by atoms with van der Waals surface area (Å²) >= 11 is 0. The molecule has 0 fully saturated rings. The van der Waals surface area contributed by atoms with Gasteiger partial charge in [-0.1, -0.05) is 0 Å². The number of hydrogen-bond acceptors (Lipinski definition) is 3. The molecule has 1 rings (SSSR count). The highest BCUT2D eigenvalue weighted by molar-refractivity contribution is 5.88. The maximum Gasteiger partial charge on any atom is 0.316 e. The lowest BCUT2D eigenvalue weighted by Gasteiger charge is -2.01. The number of nitrogens with zero attached hydrogens (tertiary/aromatic N) is 2. The van der Waals surface area contributed by atoms with Gasteiger partial charge in [-0.25, -0.2) is 4.79 Å². The molecule has 0 radical (unpaired) electrons. The summed E-state index contributed by atoms with van der Waals surface area (Å²) in [5, 5.41) is 9.73. The standard InChI is InChI=1S/C6H8N4O/c1-4-5(9-6(7)11)2-3-8-10-4/h2-3H,1H3,(H3,7,8,9,11). The summed E-state index contributed by atoms with van der Waals surface area (Å²) < 4.78 is 0. The molecule has 1 aromatic heterocycles. The van der Waals surface area contributed by atoms with Crippen LogP contribution in [0, 0.1) is 6.92 Å². The summed E-state index contributed by atoms with van der Waals surface area (Å²) in [5.41, 5.74) is 6.13. The van der Waals surface area contributed by atoms with Gasteiger partial charge in [0.1, 0.15) is 0 Å². The molecule has 0 saturated carbocycles. The normalized spacial score (nSPS) is 9.18. The van der Waals surface area contributed by atoms with Crippen LogP contribution in [0.5, 0.6) is 0 Å². The third-order valence-electron chi connectivity index (χ3n) is 1.16. The Balaban J connectivity index is 2.86. The van der Waals surface area contributed by atoms with Gasteiger partial charge < -0.3 is 11.1 Å². The Morgan fingerprint density at radius 1 is 1.73 bits per heavy atom. The first kappa shape index (κ1) is 7.46. The predicted molar refractivity (Wildman–Crippen MR) is 40.0 cm³/mol. The van der Waals surface area contributed by atoms with E-state index < -0.39 is 6.03 Å². The van der Waals surface area contributed by atoms with Crippen LogP contribution in [0.4, 0.5) is 10.5 Å². The first-order valence-corrected chi connectivity index (χ1v) is 3.05. The van der Waals surface area contributed by atoms with Crippen LogP contribution in [0.25, 0.3) is 0 Å². The molecular formula is C6H8N4O. The number of carbonyl (C=O) groups excluding carboxylic acids is 1. The Labute approximate surface area is 63.6 Å². The summed E-state index contributed by atoms with van der Waals surface area (Å²) in [6.07, 6.45) is 1.48. The maximum atomic E-state index is 10.4. The van der Waals surface area contributed by atoms with Crippen LogP contribution < -0.4 is 11.1 Å². The van der Waals surface area contributed by atoms with Gasteiger partial charge in [-0.05, 0) is 13.0 Å². The summed E-state index contributed by atoms with van der Waals surface area (Å²) in [4.78, 5) is 10.4. The van der Waals surface area contributed by atoms with Crippen molar-refractivity contribution in [3.63, 3.8) is 0 Å². The molecule has 0 aromatic carbocycles. The smallest absolute Gasteiger partial charge is 0.316 e. The Hall–Kier alpha value is -1.65. The van der Waals surface area contributed by atoms with E-state index in [1.165, 1.54) is 6.20 Å². The van der Waals surface area contributed by atoms with Gasteiger partial charge in [0.2, 0.25) is 0 Å². The lowest BCUT2D eigenvalue weighted by atomic mass is 10.3. The number of anilines is 1. The number of carbonyl (C=O) groups is 1. The lowest BCUT2D eigenvalue weighted by Crippen LogP contribution is -2.20. The first-order chi connectivity index (χ1) is 5.20. The number of urea groups is 1. The van der Waals surface area contributed by atoms with Crippen molar-refractivity contribution < 1.29 is 4.79 Å². The highest BCUT2D eigenvalue weighted by atomic mass is 16.2. The van der Waals surface area contributed by atoms with Crippen molar-refractivity contribution in [1.82, 2.24) is 10.2 Å². The van der Waals surface area contributed by atoms with Crippen LogP contribution in [0.1, 0.15) is 5.69 Å². The average Bonchev–Trinajstić information content (AvgIpc) is 1.93. The molecule has 2 amide bonds. The fourth-order valence-electron chi connectivity index (χ4n) is 0.667. The average molecular weight is 152 g/mol. The zero-order valence-electron chi connectivity index (χ0n) is 6.03. The fourth-order valence-corrected chi connectivity index (χ4v) is 0.667. The summed E-state index contributed by atoms with van der Waals surface area (Å²) in [7, 11) is 0. The molecule has 0 aliphatic heterocycles. The zero-order valence-corrected chi connectivity index (χ0v) is 6.03. The van der Waals surface area contributed by atoms with Crippen molar-refractivity contribution in [2.75, 3.05) is 5.32 Å². The van der Waals surface area contributed by atoms with Gasteiger partial charge in [-0.3, -0.25) is 0 Å². The van der Waals surface area contributed by atoms with Gasteiger partial charge in [0.15, 0.2) is 0 Å². The van der Waals surface area contributed by atoms with E-state index in [1.807, 2.05) is 0 Å². The monoisotopic (exact) mass is 152 g/mol. The van der Waals surface area contributed by atoms with E-state index in [1.54, 1.807) is 13.0 Å². The van der Waals surface area contributed by atoms with Gasteiger partial charge in [-0.15, -0.1) is 0 Å². The number of nitrogens with two attached hydrogens (primary N) is 1. The van der Waals surface area contributed by atoms with Crippen molar-refractivity contribution in [3.8, 4) is 0 Å². The van der Waals surface area contributed by atoms with Crippen LogP contribution in [-0.4, -0.2) is 16.2 Å². The van der Waals surface area contributed by atoms with Gasteiger partial charge in [0.05, 0.1) is 17.6 Å². The number of aromatic nitrogens is 2. The van der Waals surface area contributed by atoms with E-state index in [9.17, 15) is 4.79 Å². The minimum atomic E-state index is -0.596. The number of rotatable bonds is 1. The molecular weight excluding hydrogens is 144 g/mol. The van der Waals surface area contributed by atoms with Crippen LogP contribution in [-0.2, 0) is 0 Å². The van der Waals surface area contributed by atoms with Gasteiger partial charge in [0.25, 0.3) is 0 Å². The summed E-state index contributed by atoms with van der Waals surface area (Å²) in [6, 6.07) is 1.04. The van der Waals surface area contributed by atoms with Crippen molar-refractivity contribution in [3.05, 3.63) is 18.0 Å². The van der Waals surface area contributed by atoms with E-state index in [0.717, 1.165) is 0 Å². The number of nitrogens with one attached hydrogen (secondary N) is 1. The molecule has 3 N–H and O–H groups in total. The van der Waals surface area contributed by atoms with Crippen LogP contribution >= 0.6 is 0 Å². The Kier molecular flexibility index (Phi) is 2.00. The van der Waals surface area contributed by atoms with E-state index in [2.05, 4.69) is 15.5 Å². The Morgan fingerprint density at radius 2 is 2.45 bits per heavy atom. The predicted octanol–water partition coefficient (Wildman–Crippen LogP) is 0.276. The number of hydrogen-bond donors (Lipinski definition) is 2. The van der Waals surface area contributed by atoms with Crippen molar-refractivity contribution in [2.45, 2.75) is 6.92 Å². The lowest BCUT2D eigenvalue weighted by molar-refractivity contribution is 0.259. The Morgan fingerprint density at radius 3 is 3.00 bits per heavy atom. The second kappa shape index (κ2) is 2.96. The van der Waals surface area contributed by atoms with Crippen molar-refractivity contribution in [2.24, 2.45) is 5.73 Å². The molecule has 0 aliphatic rings. The second-order valence-electron chi connectivity index (χ2n) is 2.02. The Bertz CT molecular complexity index is 273. The quantitative estimate of drug-likeness (QED) is 0.606. The van der Waals surface area contributed by atoms with E-state index in [0.29, 0.717) is 11.4 Å². The number of amides is 2. The number of primary amides is 1. The van der Waals surface area contributed by atoms with Gasteiger partial charge in [0, 0.05) is 0 Å². The van der Waals surface area contributed by atoms with Crippen molar-refractivity contribution >= 4 is 11.7 Å². The third-order valence-corrected chi connectivity index (χ3v) is 1.16. The molecule has 0 aliphatic carbocycles. The minimum Gasteiger partial charge on any atom is -0.351 e. The molecule has 1 aromatic rings. The maximum absolute atomic E-state index is 10.4. The zero-order chi connectivity index (χ0) is 8.27. The summed E-state index contributed by atoms with van der Waals surface area (Å²) in [6.45, 7) is 1.73. The largest absolute Gasteiger partial charge is 0.351 e. The van der Waals surface area contributed by atoms with E-state index >= 15 is 0 Å². The fraction of sp³-hybridized carbons (Fsp3) is 0.167. The molecule has 5 heteroatoms. The molecule has 0 atom stereocenters. The molecule has 5 nitrogen and oxygen atoms in total. The number of aryl methyl sites for hydroxylation is 1. The van der Waals surface area contributed by atoms with Crippen LogP contribution in [0.3, 0.4) is 0 Å². The molecule has 1 heterocycles. The molecule has 11 heavy (non-hydrogen) atoms. The van der Waals surface area contributed by atoms with E-state index in [4.69, 9.17) is 5.73 Å². The van der Waals surface area contributed by atoms with Crippen LogP contribution in [0.2, 0.25) is 0 Å². The van der Waals surface area contributed by atoms with Crippen LogP contribution in [0.15, 0.2) is 12.3 Å². The molecule has 0 spiro atoms. The van der Waals surface area contributed by atoms with Crippen molar-refractivity contribution in [1.29, 1.82) is 0 Å². The second-order valence-corrected chi connectivity index (χ2v) is 2.02. The molecule has 0 bridgehead atoms. The van der Waals surface area contributed by atoms with Gasteiger partial charge in [-0.2, -0.15) is 10.2 Å². The topological polar surface area (TPSA) is 80.9 Å². The minimum absolute atomic E-state index is 0.590. The highest BCUT2D eigenvalue weighted by Gasteiger charge is 1.99.